The number of esters is 2. The molecule has 0 aromatic heterocycles. The first-order valence-corrected chi connectivity index (χ1v) is 6.98. The Bertz CT molecular complexity index is 447. The van der Waals surface area contributed by atoms with Crippen LogP contribution in [0.4, 0.5) is 0 Å². The summed E-state index contributed by atoms with van der Waals surface area (Å²) in [5.74, 6) is -0.722. The van der Waals surface area contributed by atoms with Gasteiger partial charge in [-0.2, -0.15) is 0 Å². The van der Waals surface area contributed by atoms with Crippen LogP contribution in [0, 0.1) is 23.2 Å². The van der Waals surface area contributed by atoms with E-state index in [4.69, 9.17) is 9.47 Å². The molecule has 0 unspecified atom stereocenters. The second-order valence-corrected chi connectivity index (χ2v) is 5.80. The van der Waals surface area contributed by atoms with Crippen LogP contribution in [0.2, 0.25) is 0 Å². The van der Waals surface area contributed by atoms with Crippen LogP contribution < -0.4 is 0 Å². The molecular formula is C16H22O4. The van der Waals surface area contributed by atoms with Crippen LogP contribution in [0.15, 0.2) is 24.3 Å². The third-order valence-corrected chi connectivity index (χ3v) is 4.84. The van der Waals surface area contributed by atoms with E-state index in [1.54, 1.807) is 0 Å². The second kappa shape index (κ2) is 5.43. The molecule has 20 heavy (non-hydrogen) atoms. The molecule has 0 radical (unpaired) electrons. The summed E-state index contributed by atoms with van der Waals surface area (Å²) in [6, 6.07) is 0. The molecule has 0 aromatic rings. The number of hydrogen-bond donors (Lipinski definition) is 0. The molecule has 0 spiro atoms. The molecule has 0 N–H and O–H groups in total. The fraction of sp³-hybridized carbons (Fsp3) is 0.625. The van der Waals surface area contributed by atoms with Crippen LogP contribution >= 0.6 is 0 Å². The summed E-state index contributed by atoms with van der Waals surface area (Å²) in [6.45, 7) is 5.98. The number of rotatable bonds is 3. The van der Waals surface area contributed by atoms with Crippen molar-refractivity contribution < 1.29 is 19.1 Å². The zero-order valence-corrected chi connectivity index (χ0v) is 12.3. The largest absolute Gasteiger partial charge is 0.468 e. The number of carbonyl (C=O) groups is 2. The fourth-order valence-corrected chi connectivity index (χ4v) is 3.90. The lowest BCUT2D eigenvalue weighted by atomic mass is 9.71. The molecule has 3 atom stereocenters. The zero-order valence-electron chi connectivity index (χ0n) is 12.3. The van der Waals surface area contributed by atoms with Crippen molar-refractivity contribution in [2.75, 3.05) is 14.2 Å². The molecule has 0 saturated heterocycles. The third-order valence-electron chi connectivity index (χ3n) is 4.84. The molecule has 0 amide bonds. The lowest BCUT2D eigenvalue weighted by molar-refractivity contribution is -0.173. The van der Waals surface area contributed by atoms with E-state index in [0.717, 1.165) is 18.4 Å². The Labute approximate surface area is 119 Å². The zero-order chi connectivity index (χ0) is 14.9. The quantitative estimate of drug-likeness (QED) is 0.452. The normalized spacial score (nSPS) is 30.4. The van der Waals surface area contributed by atoms with Crippen LogP contribution in [0.25, 0.3) is 0 Å². The van der Waals surface area contributed by atoms with Crippen molar-refractivity contribution in [3.63, 3.8) is 0 Å². The van der Waals surface area contributed by atoms with Gasteiger partial charge in [0.05, 0.1) is 14.2 Å². The van der Waals surface area contributed by atoms with E-state index in [-0.39, 0.29) is 17.8 Å². The maximum atomic E-state index is 12.4. The lowest BCUT2D eigenvalue weighted by Gasteiger charge is -2.33. The average molecular weight is 278 g/mol. The van der Waals surface area contributed by atoms with E-state index in [2.05, 4.69) is 18.7 Å². The summed E-state index contributed by atoms with van der Waals surface area (Å²) in [4.78, 5) is 24.8. The molecule has 110 valence electrons. The summed E-state index contributed by atoms with van der Waals surface area (Å²) in [5, 5.41) is 0. The predicted molar refractivity (Wildman–Crippen MR) is 74.7 cm³/mol. The van der Waals surface area contributed by atoms with Crippen molar-refractivity contribution in [3.8, 4) is 0 Å². The van der Waals surface area contributed by atoms with Crippen molar-refractivity contribution in [1.29, 1.82) is 0 Å². The van der Waals surface area contributed by atoms with Gasteiger partial charge in [0.1, 0.15) is 0 Å². The topological polar surface area (TPSA) is 52.6 Å². The SMILES string of the molecule is C=C(C)[C@H]1CC(C(=O)OC)(C(=O)OC)[C@@H]2CCC=C[C@H]12. The predicted octanol–water partition coefficient (Wildman–Crippen LogP) is 2.50. The number of ether oxygens (including phenoxy) is 2. The smallest absolute Gasteiger partial charge is 0.323 e. The van der Waals surface area contributed by atoms with E-state index in [9.17, 15) is 9.59 Å². The van der Waals surface area contributed by atoms with Gasteiger partial charge < -0.3 is 9.47 Å². The van der Waals surface area contributed by atoms with E-state index in [1.165, 1.54) is 14.2 Å². The average Bonchev–Trinajstić information content (AvgIpc) is 2.82. The van der Waals surface area contributed by atoms with Crippen LogP contribution in [0.1, 0.15) is 26.2 Å². The Kier molecular flexibility index (Phi) is 4.02. The van der Waals surface area contributed by atoms with Gasteiger partial charge in [0.25, 0.3) is 0 Å². The molecule has 4 heteroatoms. The molecule has 2 rings (SSSR count). The highest BCUT2D eigenvalue weighted by Gasteiger charge is 2.63. The van der Waals surface area contributed by atoms with Gasteiger partial charge in [0.15, 0.2) is 5.41 Å². The monoisotopic (exact) mass is 278 g/mol. The molecule has 1 fully saturated rings. The Balaban J connectivity index is 2.51. The number of hydrogen-bond acceptors (Lipinski definition) is 4. The minimum Gasteiger partial charge on any atom is -0.468 e. The van der Waals surface area contributed by atoms with E-state index >= 15 is 0 Å². The highest BCUT2D eigenvalue weighted by Crippen LogP contribution is 2.57. The molecular weight excluding hydrogens is 256 g/mol. The van der Waals surface area contributed by atoms with Crippen molar-refractivity contribution in [2.24, 2.45) is 23.2 Å². The van der Waals surface area contributed by atoms with Crippen LogP contribution in [0.3, 0.4) is 0 Å². The van der Waals surface area contributed by atoms with Gasteiger partial charge in [0.2, 0.25) is 0 Å². The minimum atomic E-state index is -1.18. The first kappa shape index (κ1) is 14.8. The molecule has 2 aliphatic carbocycles. The first-order valence-electron chi connectivity index (χ1n) is 6.98. The summed E-state index contributed by atoms with van der Waals surface area (Å²) >= 11 is 0. The van der Waals surface area contributed by atoms with Gasteiger partial charge in [-0.25, -0.2) is 0 Å². The van der Waals surface area contributed by atoms with E-state index < -0.39 is 17.4 Å². The molecule has 0 bridgehead atoms. The highest BCUT2D eigenvalue weighted by atomic mass is 16.5. The molecule has 0 aliphatic heterocycles. The highest BCUT2D eigenvalue weighted by molar-refractivity contribution is 6.01. The van der Waals surface area contributed by atoms with Gasteiger partial charge in [-0.1, -0.05) is 24.3 Å². The summed E-state index contributed by atoms with van der Waals surface area (Å²) in [6.07, 6.45) is 6.36. The van der Waals surface area contributed by atoms with Gasteiger partial charge in [-0.05, 0) is 43.9 Å². The molecule has 0 heterocycles. The van der Waals surface area contributed by atoms with Gasteiger partial charge in [-0.15, -0.1) is 0 Å². The van der Waals surface area contributed by atoms with Crippen molar-refractivity contribution in [2.45, 2.75) is 26.2 Å². The van der Waals surface area contributed by atoms with E-state index in [0.29, 0.717) is 6.42 Å². The van der Waals surface area contributed by atoms with Crippen LogP contribution in [0.5, 0.6) is 0 Å². The molecule has 2 aliphatic rings. The lowest BCUT2D eigenvalue weighted by Crippen LogP contribution is -2.45. The van der Waals surface area contributed by atoms with Gasteiger partial charge >= 0.3 is 11.9 Å². The maximum absolute atomic E-state index is 12.4. The Morgan fingerprint density at radius 3 is 2.35 bits per heavy atom. The summed E-state index contributed by atoms with van der Waals surface area (Å²) in [5.41, 5.74) is -0.177. The van der Waals surface area contributed by atoms with Gasteiger partial charge in [0, 0.05) is 0 Å². The summed E-state index contributed by atoms with van der Waals surface area (Å²) in [7, 11) is 2.66. The molecule has 4 nitrogen and oxygen atoms in total. The fourth-order valence-electron chi connectivity index (χ4n) is 3.90. The van der Waals surface area contributed by atoms with Gasteiger partial charge in [-0.3, -0.25) is 9.59 Å². The van der Waals surface area contributed by atoms with Crippen molar-refractivity contribution in [1.82, 2.24) is 0 Å². The maximum Gasteiger partial charge on any atom is 0.323 e. The minimum absolute atomic E-state index is 0.0610. The second-order valence-electron chi connectivity index (χ2n) is 5.80. The number of fused-ring (bicyclic) bond motifs is 1. The van der Waals surface area contributed by atoms with Crippen molar-refractivity contribution in [3.05, 3.63) is 24.3 Å². The Morgan fingerprint density at radius 1 is 1.25 bits per heavy atom. The number of allylic oxidation sites excluding steroid dienone is 3. The first-order chi connectivity index (χ1) is 9.48. The van der Waals surface area contributed by atoms with Crippen LogP contribution in [-0.4, -0.2) is 26.2 Å². The standard InChI is InChI=1S/C16H22O4/c1-10(2)12-9-16(14(17)19-3,15(18)20-4)13-8-6-5-7-11(12)13/h5,7,11-13H,1,6,8-9H2,2-4H3/t11-,12-,13-/m1/s1. The van der Waals surface area contributed by atoms with Crippen LogP contribution in [-0.2, 0) is 19.1 Å². The number of methoxy groups -OCH3 is 2. The Morgan fingerprint density at radius 2 is 1.85 bits per heavy atom. The van der Waals surface area contributed by atoms with E-state index in [1.807, 2.05) is 6.92 Å². The summed E-state index contributed by atoms with van der Waals surface area (Å²) < 4.78 is 9.89. The third kappa shape index (κ3) is 1.98. The Hall–Kier alpha value is -1.58. The molecule has 0 aromatic carbocycles. The number of carbonyl (C=O) groups excluding carboxylic acids is 2. The molecule has 1 saturated carbocycles. The van der Waals surface area contributed by atoms with Crippen molar-refractivity contribution >= 4 is 11.9 Å².